The molecule has 2 heterocycles. The number of aryl methyl sites for hydroxylation is 2. The second-order valence-corrected chi connectivity index (χ2v) is 3.87. The lowest BCUT2D eigenvalue weighted by Crippen LogP contribution is -2.13. The van der Waals surface area contributed by atoms with Crippen LogP contribution in [0.2, 0.25) is 0 Å². The van der Waals surface area contributed by atoms with Crippen molar-refractivity contribution in [2.45, 2.75) is 13.8 Å². The molecule has 1 N–H and O–H groups in total. The smallest absolute Gasteiger partial charge is 0.291 e. The molecule has 0 radical (unpaired) electrons. The van der Waals surface area contributed by atoms with Crippen LogP contribution in [-0.2, 0) is 0 Å². The minimum absolute atomic E-state index is 0.285. The maximum atomic E-state index is 11.9. The van der Waals surface area contributed by atoms with Crippen LogP contribution in [0.1, 0.15) is 21.8 Å². The molecule has 0 atom stereocenters. The molecule has 0 spiro atoms. The van der Waals surface area contributed by atoms with E-state index in [1.807, 2.05) is 6.92 Å². The Morgan fingerprint density at radius 3 is 2.67 bits per heavy atom. The van der Waals surface area contributed by atoms with Gasteiger partial charge in [-0.1, -0.05) is 0 Å². The zero-order chi connectivity index (χ0) is 13.1. The number of hydrogen-bond donors (Lipinski definition) is 1. The molecule has 0 aliphatic carbocycles. The van der Waals surface area contributed by atoms with E-state index in [1.54, 1.807) is 32.2 Å². The third kappa shape index (κ3) is 2.34. The van der Waals surface area contributed by atoms with Crippen LogP contribution >= 0.6 is 0 Å². The third-order valence-electron chi connectivity index (χ3n) is 2.59. The van der Waals surface area contributed by atoms with Gasteiger partial charge in [0.05, 0.1) is 24.8 Å². The third-order valence-corrected chi connectivity index (χ3v) is 2.59. The number of nitrogens with one attached hydrogen (secondary N) is 1. The summed E-state index contributed by atoms with van der Waals surface area (Å²) in [6.45, 7) is 3.62. The van der Waals surface area contributed by atoms with Crippen LogP contribution < -0.4 is 10.1 Å². The van der Waals surface area contributed by atoms with Crippen LogP contribution in [-0.4, -0.2) is 18.0 Å². The van der Waals surface area contributed by atoms with E-state index in [9.17, 15) is 4.79 Å². The fourth-order valence-electron chi connectivity index (χ4n) is 1.57. The van der Waals surface area contributed by atoms with E-state index in [0.717, 1.165) is 5.56 Å². The van der Waals surface area contributed by atoms with Gasteiger partial charge in [-0.05, 0) is 26.0 Å². The van der Waals surface area contributed by atoms with Crippen LogP contribution in [0, 0.1) is 13.8 Å². The fourth-order valence-corrected chi connectivity index (χ4v) is 1.57. The Morgan fingerprint density at radius 1 is 1.33 bits per heavy atom. The summed E-state index contributed by atoms with van der Waals surface area (Å²) in [5.74, 6) is 0.539. The number of ether oxygens (including phenoxy) is 1. The molecule has 0 unspecified atom stereocenters. The maximum Gasteiger partial charge on any atom is 0.291 e. The van der Waals surface area contributed by atoms with Gasteiger partial charge in [-0.2, -0.15) is 0 Å². The van der Waals surface area contributed by atoms with Crippen molar-refractivity contribution in [2.24, 2.45) is 0 Å². The minimum Gasteiger partial charge on any atom is -0.481 e. The van der Waals surface area contributed by atoms with Gasteiger partial charge >= 0.3 is 0 Å². The number of pyridine rings is 1. The summed E-state index contributed by atoms with van der Waals surface area (Å²) in [5.41, 5.74) is 2.12. The van der Waals surface area contributed by atoms with Crippen LogP contribution in [0.3, 0.4) is 0 Å². The number of aromatic nitrogens is 1. The van der Waals surface area contributed by atoms with Crippen LogP contribution in [0.5, 0.6) is 5.88 Å². The summed E-state index contributed by atoms with van der Waals surface area (Å²) in [6, 6.07) is 5.18. The Labute approximate surface area is 105 Å². The molecule has 0 bridgehead atoms. The van der Waals surface area contributed by atoms with Crippen molar-refractivity contribution in [3.8, 4) is 5.88 Å². The van der Waals surface area contributed by atoms with E-state index in [4.69, 9.17) is 9.15 Å². The summed E-state index contributed by atoms with van der Waals surface area (Å²) in [4.78, 5) is 16.1. The molecule has 5 heteroatoms. The van der Waals surface area contributed by atoms with E-state index in [1.165, 1.54) is 6.26 Å². The predicted molar refractivity (Wildman–Crippen MR) is 66.9 cm³/mol. The molecule has 0 saturated carbocycles. The van der Waals surface area contributed by atoms with Crippen molar-refractivity contribution < 1.29 is 13.9 Å². The topological polar surface area (TPSA) is 64.4 Å². The zero-order valence-corrected chi connectivity index (χ0v) is 10.5. The largest absolute Gasteiger partial charge is 0.481 e. The van der Waals surface area contributed by atoms with Gasteiger partial charge in [0.1, 0.15) is 0 Å². The van der Waals surface area contributed by atoms with Gasteiger partial charge in [-0.25, -0.2) is 4.98 Å². The van der Waals surface area contributed by atoms with E-state index in [0.29, 0.717) is 23.0 Å². The SMILES string of the molecule is COc1ccc(NC(=O)c2occc2C)c(C)n1. The van der Waals surface area contributed by atoms with Crippen LogP contribution in [0.25, 0.3) is 0 Å². The van der Waals surface area contributed by atoms with Gasteiger partial charge in [0.15, 0.2) is 5.76 Å². The number of carbonyl (C=O) groups excluding carboxylic acids is 1. The molecule has 2 aromatic heterocycles. The molecular formula is C13H14N2O3. The first-order chi connectivity index (χ1) is 8.61. The average Bonchev–Trinajstić information content (AvgIpc) is 2.78. The molecule has 2 aromatic rings. The quantitative estimate of drug-likeness (QED) is 0.903. The van der Waals surface area contributed by atoms with Gasteiger partial charge in [-0.3, -0.25) is 4.79 Å². The lowest BCUT2D eigenvalue weighted by Gasteiger charge is -2.08. The highest BCUT2D eigenvalue weighted by Crippen LogP contribution is 2.18. The van der Waals surface area contributed by atoms with E-state index < -0.39 is 0 Å². The number of rotatable bonds is 3. The van der Waals surface area contributed by atoms with Crippen molar-refractivity contribution in [1.82, 2.24) is 4.98 Å². The molecule has 5 nitrogen and oxygen atoms in total. The number of furan rings is 1. The van der Waals surface area contributed by atoms with Gasteiger partial charge < -0.3 is 14.5 Å². The van der Waals surface area contributed by atoms with Crippen molar-refractivity contribution >= 4 is 11.6 Å². The lowest BCUT2D eigenvalue weighted by atomic mass is 10.2. The Morgan fingerprint density at radius 2 is 2.11 bits per heavy atom. The van der Waals surface area contributed by atoms with Crippen LogP contribution in [0.4, 0.5) is 5.69 Å². The number of amides is 1. The minimum atomic E-state index is -0.285. The first-order valence-electron chi connectivity index (χ1n) is 5.49. The molecule has 0 saturated heterocycles. The normalized spacial score (nSPS) is 10.2. The fraction of sp³-hybridized carbons (Fsp3) is 0.231. The highest BCUT2D eigenvalue weighted by molar-refractivity contribution is 6.03. The Balaban J connectivity index is 2.20. The molecule has 2 rings (SSSR count). The predicted octanol–water partition coefficient (Wildman–Crippen LogP) is 2.55. The second-order valence-electron chi connectivity index (χ2n) is 3.87. The molecule has 18 heavy (non-hydrogen) atoms. The van der Waals surface area contributed by atoms with E-state index in [2.05, 4.69) is 10.3 Å². The number of methoxy groups -OCH3 is 1. The molecule has 0 aliphatic rings. The average molecular weight is 246 g/mol. The summed E-state index contributed by atoms with van der Waals surface area (Å²) < 4.78 is 10.1. The van der Waals surface area contributed by atoms with E-state index in [-0.39, 0.29) is 5.91 Å². The zero-order valence-electron chi connectivity index (χ0n) is 10.5. The first-order valence-corrected chi connectivity index (χ1v) is 5.49. The molecular weight excluding hydrogens is 232 g/mol. The second kappa shape index (κ2) is 4.91. The van der Waals surface area contributed by atoms with Crippen LogP contribution in [0.15, 0.2) is 28.9 Å². The van der Waals surface area contributed by atoms with Crippen molar-refractivity contribution in [2.75, 3.05) is 12.4 Å². The molecule has 0 aliphatic heterocycles. The highest BCUT2D eigenvalue weighted by Gasteiger charge is 2.14. The molecule has 94 valence electrons. The Kier molecular flexibility index (Phi) is 3.32. The number of hydrogen-bond acceptors (Lipinski definition) is 4. The summed E-state index contributed by atoms with van der Waals surface area (Å²) in [5, 5.41) is 2.75. The first kappa shape index (κ1) is 12.2. The summed E-state index contributed by atoms with van der Waals surface area (Å²) in [6.07, 6.45) is 1.49. The maximum absolute atomic E-state index is 11.9. The Bertz CT molecular complexity index is 575. The lowest BCUT2D eigenvalue weighted by molar-refractivity contribution is 0.0995. The number of nitrogens with zero attached hydrogens (tertiary/aromatic N) is 1. The van der Waals surface area contributed by atoms with Gasteiger partial charge in [0, 0.05) is 11.6 Å². The number of carbonyl (C=O) groups is 1. The van der Waals surface area contributed by atoms with E-state index >= 15 is 0 Å². The standard InChI is InChI=1S/C13H14N2O3/c1-8-6-7-18-12(8)13(16)15-10-4-5-11(17-3)14-9(10)2/h4-7H,1-3H3,(H,15,16). The Hall–Kier alpha value is -2.30. The highest BCUT2D eigenvalue weighted by atomic mass is 16.5. The monoisotopic (exact) mass is 246 g/mol. The molecule has 0 aromatic carbocycles. The van der Waals surface area contributed by atoms with Crippen molar-refractivity contribution in [1.29, 1.82) is 0 Å². The van der Waals surface area contributed by atoms with Crippen molar-refractivity contribution in [3.05, 3.63) is 41.5 Å². The van der Waals surface area contributed by atoms with Gasteiger partial charge in [-0.15, -0.1) is 0 Å². The van der Waals surface area contributed by atoms with Gasteiger partial charge in [0.2, 0.25) is 5.88 Å². The molecule has 0 fully saturated rings. The van der Waals surface area contributed by atoms with Gasteiger partial charge in [0.25, 0.3) is 5.91 Å². The molecule has 1 amide bonds. The summed E-state index contributed by atoms with van der Waals surface area (Å²) in [7, 11) is 1.55. The number of anilines is 1. The van der Waals surface area contributed by atoms with Crippen molar-refractivity contribution in [3.63, 3.8) is 0 Å². The summed E-state index contributed by atoms with van der Waals surface area (Å²) >= 11 is 0.